The molecule has 0 fully saturated rings. The molecule has 164 valence electrons. The molecule has 34 heavy (non-hydrogen) atoms. The molecule has 0 saturated carbocycles. The van der Waals surface area contributed by atoms with Gasteiger partial charge in [-0.25, -0.2) is 8.78 Å². The third-order valence-electron chi connectivity index (χ3n) is 6.67. The van der Waals surface area contributed by atoms with Crippen LogP contribution in [-0.2, 0) is 5.92 Å². The van der Waals surface area contributed by atoms with Crippen LogP contribution in [0.15, 0.2) is 115 Å². The van der Waals surface area contributed by atoms with Crippen molar-refractivity contribution < 1.29 is 8.78 Å². The van der Waals surface area contributed by atoms with Crippen molar-refractivity contribution in [3.8, 4) is 22.3 Å². The third-order valence-corrected chi connectivity index (χ3v) is 6.67. The second-order valence-corrected chi connectivity index (χ2v) is 8.83. The molecule has 0 spiro atoms. The topological polar surface area (TPSA) is 0 Å². The number of hydrogen-bond donors (Lipinski definition) is 0. The molecular formula is C32H22F2. The van der Waals surface area contributed by atoms with E-state index in [-0.39, 0.29) is 5.56 Å². The highest BCUT2D eigenvalue weighted by atomic mass is 19.3. The number of alkyl halides is 2. The van der Waals surface area contributed by atoms with Crippen LogP contribution in [0.25, 0.3) is 54.6 Å². The SMILES string of the molecule is CC(F)(F)c1ccc(-c2c3ccccc3c(-c3cccc4ccccc34)c3ccccc23)cc1. The molecule has 0 aromatic heterocycles. The fraction of sp³-hybridized carbons (Fsp3) is 0.0625. The lowest BCUT2D eigenvalue weighted by atomic mass is 9.84. The maximum absolute atomic E-state index is 13.9. The summed E-state index contributed by atoms with van der Waals surface area (Å²) in [6.07, 6.45) is 0. The van der Waals surface area contributed by atoms with E-state index in [2.05, 4.69) is 78.9 Å². The molecule has 0 aliphatic carbocycles. The van der Waals surface area contributed by atoms with Crippen molar-refractivity contribution in [1.29, 1.82) is 0 Å². The zero-order valence-corrected chi connectivity index (χ0v) is 18.7. The lowest BCUT2D eigenvalue weighted by molar-refractivity contribution is 0.0175. The summed E-state index contributed by atoms with van der Waals surface area (Å²) in [5.41, 5.74) is 4.42. The molecule has 0 saturated heterocycles. The van der Waals surface area contributed by atoms with Crippen molar-refractivity contribution in [3.63, 3.8) is 0 Å². The van der Waals surface area contributed by atoms with Gasteiger partial charge in [0.15, 0.2) is 0 Å². The summed E-state index contributed by atoms with van der Waals surface area (Å²) in [7, 11) is 0. The first-order valence-electron chi connectivity index (χ1n) is 11.4. The van der Waals surface area contributed by atoms with Crippen molar-refractivity contribution >= 4 is 32.3 Å². The minimum absolute atomic E-state index is 0.0252. The molecular weight excluding hydrogens is 422 g/mol. The highest BCUT2D eigenvalue weighted by molar-refractivity contribution is 6.23. The Balaban J connectivity index is 1.73. The fourth-order valence-corrected chi connectivity index (χ4v) is 5.10. The van der Waals surface area contributed by atoms with Crippen molar-refractivity contribution in [2.24, 2.45) is 0 Å². The number of hydrogen-bond acceptors (Lipinski definition) is 0. The molecule has 0 unspecified atom stereocenters. The van der Waals surface area contributed by atoms with E-state index < -0.39 is 5.92 Å². The Bertz CT molecular complexity index is 1610. The van der Waals surface area contributed by atoms with Gasteiger partial charge >= 0.3 is 0 Å². The lowest BCUT2D eigenvalue weighted by Crippen LogP contribution is -2.06. The van der Waals surface area contributed by atoms with Gasteiger partial charge in [0.05, 0.1) is 0 Å². The molecule has 6 aromatic carbocycles. The van der Waals surface area contributed by atoms with Gasteiger partial charge < -0.3 is 0 Å². The van der Waals surface area contributed by atoms with Crippen molar-refractivity contribution in [1.82, 2.24) is 0 Å². The van der Waals surface area contributed by atoms with E-state index in [0.29, 0.717) is 0 Å². The molecule has 6 aromatic rings. The zero-order chi connectivity index (χ0) is 23.3. The zero-order valence-electron chi connectivity index (χ0n) is 18.7. The van der Waals surface area contributed by atoms with Gasteiger partial charge in [-0.05, 0) is 54.6 Å². The predicted octanol–water partition coefficient (Wildman–Crippen LogP) is 9.59. The van der Waals surface area contributed by atoms with Gasteiger partial charge in [-0.2, -0.15) is 0 Å². The first-order chi connectivity index (χ1) is 16.5. The van der Waals surface area contributed by atoms with Gasteiger partial charge in [0, 0.05) is 12.5 Å². The minimum atomic E-state index is -2.86. The number of rotatable bonds is 3. The number of fused-ring (bicyclic) bond motifs is 3. The summed E-state index contributed by atoms with van der Waals surface area (Å²) in [6, 6.07) is 38.4. The maximum Gasteiger partial charge on any atom is 0.270 e. The van der Waals surface area contributed by atoms with Crippen LogP contribution >= 0.6 is 0 Å². The lowest BCUT2D eigenvalue weighted by Gasteiger charge is -2.19. The molecule has 6 rings (SSSR count). The first-order valence-corrected chi connectivity index (χ1v) is 11.4. The van der Waals surface area contributed by atoms with Crippen molar-refractivity contribution in [2.75, 3.05) is 0 Å². The second kappa shape index (κ2) is 7.78. The molecule has 0 nitrogen and oxygen atoms in total. The van der Waals surface area contributed by atoms with Crippen LogP contribution in [0.4, 0.5) is 8.78 Å². The fourth-order valence-electron chi connectivity index (χ4n) is 5.10. The Kier molecular flexibility index (Phi) is 4.70. The van der Waals surface area contributed by atoms with Gasteiger partial charge in [-0.15, -0.1) is 0 Å². The monoisotopic (exact) mass is 444 g/mol. The average molecular weight is 445 g/mol. The Morgan fingerprint density at radius 2 is 0.941 bits per heavy atom. The molecule has 0 radical (unpaired) electrons. The smallest absolute Gasteiger partial charge is 0.202 e. The van der Waals surface area contributed by atoms with Crippen LogP contribution in [0, 0.1) is 0 Å². The highest BCUT2D eigenvalue weighted by Crippen LogP contribution is 2.45. The largest absolute Gasteiger partial charge is 0.270 e. The van der Waals surface area contributed by atoms with Crippen LogP contribution in [0.1, 0.15) is 12.5 Å². The summed E-state index contributed by atoms with van der Waals surface area (Å²) >= 11 is 0. The van der Waals surface area contributed by atoms with Crippen LogP contribution in [0.5, 0.6) is 0 Å². The van der Waals surface area contributed by atoms with E-state index in [9.17, 15) is 8.78 Å². The summed E-state index contributed by atoms with van der Waals surface area (Å²) in [5.74, 6) is -2.86. The molecule has 0 heterocycles. The highest BCUT2D eigenvalue weighted by Gasteiger charge is 2.24. The van der Waals surface area contributed by atoms with Gasteiger partial charge in [0.1, 0.15) is 0 Å². The predicted molar refractivity (Wildman–Crippen MR) is 139 cm³/mol. The van der Waals surface area contributed by atoms with Crippen molar-refractivity contribution in [2.45, 2.75) is 12.8 Å². The third kappa shape index (κ3) is 3.26. The molecule has 0 aliphatic rings. The van der Waals surface area contributed by atoms with Crippen LogP contribution in [-0.4, -0.2) is 0 Å². The van der Waals surface area contributed by atoms with E-state index in [1.165, 1.54) is 34.0 Å². The molecule has 0 aliphatic heterocycles. The molecule has 2 heteroatoms. The van der Waals surface area contributed by atoms with Crippen LogP contribution in [0.3, 0.4) is 0 Å². The molecule has 0 bridgehead atoms. The summed E-state index contributed by atoms with van der Waals surface area (Å²) < 4.78 is 27.7. The van der Waals surface area contributed by atoms with E-state index in [1.54, 1.807) is 0 Å². The Morgan fingerprint density at radius 1 is 0.471 bits per heavy atom. The normalized spacial score (nSPS) is 12.0. The first kappa shape index (κ1) is 20.6. The second-order valence-electron chi connectivity index (χ2n) is 8.83. The van der Waals surface area contributed by atoms with Gasteiger partial charge in [0.2, 0.25) is 0 Å². The summed E-state index contributed by atoms with van der Waals surface area (Å²) in [6.45, 7) is 0.936. The summed E-state index contributed by atoms with van der Waals surface area (Å²) in [5, 5.41) is 6.94. The quantitative estimate of drug-likeness (QED) is 0.238. The van der Waals surface area contributed by atoms with Gasteiger partial charge in [0.25, 0.3) is 5.92 Å². The Hall–Kier alpha value is -4.04. The van der Waals surface area contributed by atoms with Gasteiger partial charge in [-0.3, -0.25) is 0 Å². The minimum Gasteiger partial charge on any atom is -0.202 e. The number of benzene rings is 6. The van der Waals surface area contributed by atoms with E-state index in [0.717, 1.165) is 39.6 Å². The van der Waals surface area contributed by atoms with Crippen LogP contribution < -0.4 is 0 Å². The standard InChI is InChI=1S/C32H22F2/c1-32(33,34)23-19-17-22(18-20-23)30-26-12-4-6-14-28(26)31(29-15-7-5-13-27(29)30)25-16-8-10-21-9-2-3-11-24(21)25/h2-20H,1H3. The summed E-state index contributed by atoms with van der Waals surface area (Å²) in [4.78, 5) is 0. The molecule has 0 amide bonds. The maximum atomic E-state index is 13.9. The van der Waals surface area contributed by atoms with Crippen LogP contribution in [0.2, 0.25) is 0 Å². The Morgan fingerprint density at radius 3 is 1.50 bits per heavy atom. The van der Waals surface area contributed by atoms with E-state index >= 15 is 0 Å². The van der Waals surface area contributed by atoms with Gasteiger partial charge in [-0.1, -0.05) is 115 Å². The van der Waals surface area contributed by atoms with E-state index in [4.69, 9.17) is 0 Å². The molecule has 0 N–H and O–H groups in total. The average Bonchev–Trinajstić information content (AvgIpc) is 2.86. The molecule has 0 atom stereocenters. The number of halogens is 2. The van der Waals surface area contributed by atoms with E-state index in [1.807, 2.05) is 24.3 Å². The van der Waals surface area contributed by atoms with Crippen molar-refractivity contribution in [3.05, 3.63) is 121 Å². The Labute approximate surface area is 197 Å².